The zero-order valence-corrected chi connectivity index (χ0v) is 12.7. The Labute approximate surface area is 124 Å². The number of carbonyl (C=O) groups excluding carboxylic acids is 1. The molecule has 0 unspecified atom stereocenters. The third-order valence-electron chi connectivity index (χ3n) is 3.47. The van der Waals surface area contributed by atoms with E-state index >= 15 is 0 Å². The molecule has 0 fully saturated rings. The van der Waals surface area contributed by atoms with Gasteiger partial charge in [-0.15, -0.1) is 0 Å². The van der Waals surface area contributed by atoms with Gasteiger partial charge in [0, 0.05) is 29.7 Å². The monoisotopic (exact) mass is 284 g/mol. The van der Waals surface area contributed by atoms with Crippen LogP contribution < -0.4 is 5.56 Å². The number of ketones is 1. The van der Waals surface area contributed by atoms with Gasteiger partial charge in [0.25, 0.3) is 5.56 Å². The maximum absolute atomic E-state index is 12.2. The molecule has 1 aromatic heterocycles. The van der Waals surface area contributed by atoms with Crippen molar-refractivity contribution in [3.8, 4) is 0 Å². The van der Waals surface area contributed by atoms with Gasteiger partial charge in [-0.2, -0.15) is 0 Å². The summed E-state index contributed by atoms with van der Waals surface area (Å²) in [4.78, 5) is 30.9. The molecule has 0 amide bonds. The number of benzene rings is 1. The fourth-order valence-electron chi connectivity index (χ4n) is 2.34. The number of H-pyrrole nitrogens is 1. The lowest BCUT2D eigenvalue weighted by molar-refractivity contribution is 0.101. The number of nitrogens with zero attached hydrogens (tertiary/aromatic N) is 1. The molecule has 1 N–H and O–H groups in total. The van der Waals surface area contributed by atoms with Crippen LogP contribution in [-0.2, 0) is 12.8 Å². The molecule has 0 radical (unpaired) electrons. The highest BCUT2D eigenvalue weighted by Crippen LogP contribution is 2.12. The van der Waals surface area contributed by atoms with E-state index < -0.39 is 0 Å². The average Bonchev–Trinajstić information content (AvgIpc) is 2.43. The van der Waals surface area contributed by atoms with Crippen LogP contribution in [0.25, 0.3) is 0 Å². The van der Waals surface area contributed by atoms with E-state index in [9.17, 15) is 9.59 Å². The highest BCUT2D eigenvalue weighted by Gasteiger charge is 2.10. The molecule has 0 saturated carbocycles. The predicted molar refractivity (Wildman–Crippen MR) is 82.8 cm³/mol. The first-order valence-corrected chi connectivity index (χ1v) is 7.19. The molecule has 0 aliphatic carbocycles. The van der Waals surface area contributed by atoms with Crippen molar-refractivity contribution in [3.63, 3.8) is 0 Å². The van der Waals surface area contributed by atoms with E-state index in [1.165, 1.54) is 6.92 Å². The first kappa shape index (κ1) is 15.2. The Balaban J connectivity index is 2.33. The fourth-order valence-corrected chi connectivity index (χ4v) is 2.34. The summed E-state index contributed by atoms with van der Waals surface area (Å²) < 4.78 is 0. The van der Waals surface area contributed by atoms with Gasteiger partial charge < -0.3 is 4.98 Å². The van der Waals surface area contributed by atoms with Gasteiger partial charge in [-0.3, -0.25) is 9.59 Å². The average molecular weight is 284 g/mol. The third-order valence-corrected chi connectivity index (χ3v) is 3.47. The van der Waals surface area contributed by atoms with Crippen LogP contribution in [0.2, 0.25) is 0 Å². The first-order valence-electron chi connectivity index (χ1n) is 7.19. The lowest BCUT2D eigenvalue weighted by Gasteiger charge is -2.08. The second-order valence-corrected chi connectivity index (χ2v) is 5.26. The van der Waals surface area contributed by atoms with Crippen LogP contribution in [0, 0.1) is 6.92 Å². The maximum Gasteiger partial charge on any atom is 0.254 e. The Morgan fingerprint density at radius 2 is 2.10 bits per heavy atom. The van der Waals surface area contributed by atoms with E-state index in [-0.39, 0.29) is 11.3 Å². The number of aromatic amines is 1. The molecule has 110 valence electrons. The normalized spacial score (nSPS) is 10.6. The van der Waals surface area contributed by atoms with Gasteiger partial charge in [-0.05, 0) is 31.9 Å². The molecule has 0 bridgehead atoms. The number of hydrogen-bond donors (Lipinski definition) is 1. The molecular weight excluding hydrogens is 264 g/mol. The minimum atomic E-state index is -0.0841. The van der Waals surface area contributed by atoms with Crippen LogP contribution in [0.3, 0.4) is 0 Å². The summed E-state index contributed by atoms with van der Waals surface area (Å²) in [5.74, 6) is 0.764. The number of Topliss-reactive ketones (excluding diaryl/α,β-unsaturated/α-hetero) is 1. The molecule has 21 heavy (non-hydrogen) atoms. The van der Waals surface area contributed by atoms with Gasteiger partial charge in [0.1, 0.15) is 5.82 Å². The fraction of sp³-hybridized carbons (Fsp3) is 0.353. The molecule has 1 heterocycles. The lowest BCUT2D eigenvalue weighted by Crippen LogP contribution is -2.19. The number of aryl methyl sites for hydroxylation is 2. The smallest absolute Gasteiger partial charge is 0.254 e. The van der Waals surface area contributed by atoms with Crippen molar-refractivity contribution in [1.82, 2.24) is 9.97 Å². The standard InChI is InChI=1S/C17H20N2O2/c1-4-6-16-18-11(2)15(17(21)19-16)10-13-7-5-8-14(9-13)12(3)20/h5,7-9H,4,6,10H2,1-3H3,(H,18,19,21). The van der Waals surface area contributed by atoms with Crippen molar-refractivity contribution in [2.45, 2.75) is 40.0 Å². The highest BCUT2D eigenvalue weighted by molar-refractivity contribution is 5.94. The van der Waals surface area contributed by atoms with Crippen LogP contribution in [0.4, 0.5) is 0 Å². The Morgan fingerprint density at radius 1 is 1.33 bits per heavy atom. The van der Waals surface area contributed by atoms with E-state index in [1.54, 1.807) is 6.07 Å². The van der Waals surface area contributed by atoms with Crippen LogP contribution in [-0.4, -0.2) is 15.8 Å². The van der Waals surface area contributed by atoms with Crippen molar-refractivity contribution < 1.29 is 4.79 Å². The number of rotatable bonds is 5. The molecule has 0 aliphatic heterocycles. The highest BCUT2D eigenvalue weighted by atomic mass is 16.1. The molecule has 4 nitrogen and oxygen atoms in total. The van der Waals surface area contributed by atoms with Crippen LogP contribution >= 0.6 is 0 Å². The topological polar surface area (TPSA) is 62.8 Å². The molecule has 0 aliphatic rings. The number of nitrogens with one attached hydrogen (secondary N) is 1. The van der Waals surface area contributed by atoms with Gasteiger partial charge in [0.2, 0.25) is 0 Å². The minimum absolute atomic E-state index is 0.0268. The SMILES string of the molecule is CCCc1nc(C)c(Cc2cccc(C(C)=O)c2)c(=O)[nH]1. The number of hydrogen-bond acceptors (Lipinski definition) is 3. The second kappa shape index (κ2) is 6.48. The van der Waals surface area contributed by atoms with Crippen molar-refractivity contribution in [2.24, 2.45) is 0 Å². The summed E-state index contributed by atoms with van der Waals surface area (Å²) >= 11 is 0. The van der Waals surface area contributed by atoms with Crippen LogP contribution in [0.1, 0.15) is 53.3 Å². The summed E-state index contributed by atoms with van der Waals surface area (Å²) in [5.41, 5.74) is 2.95. The third kappa shape index (κ3) is 3.66. The van der Waals surface area contributed by atoms with Gasteiger partial charge in [0.05, 0.1) is 0 Å². The molecule has 1 aromatic carbocycles. The molecular formula is C17H20N2O2. The molecule has 2 aromatic rings. The molecule has 0 atom stereocenters. The number of carbonyl (C=O) groups is 1. The quantitative estimate of drug-likeness (QED) is 0.859. The van der Waals surface area contributed by atoms with E-state index in [2.05, 4.69) is 16.9 Å². The minimum Gasteiger partial charge on any atom is -0.310 e. The lowest BCUT2D eigenvalue weighted by atomic mass is 10.0. The van der Waals surface area contributed by atoms with E-state index in [4.69, 9.17) is 0 Å². The van der Waals surface area contributed by atoms with Gasteiger partial charge >= 0.3 is 0 Å². The maximum atomic E-state index is 12.2. The molecule has 0 spiro atoms. The summed E-state index contributed by atoms with van der Waals surface area (Å²) in [7, 11) is 0. The largest absolute Gasteiger partial charge is 0.310 e. The van der Waals surface area contributed by atoms with Crippen molar-refractivity contribution >= 4 is 5.78 Å². The van der Waals surface area contributed by atoms with Gasteiger partial charge in [0.15, 0.2) is 5.78 Å². The van der Waals surface area contributed by atoms with Crippen LogP contribution in [0.5, 0.6) is 0 Å². The van der Waals surface area contributed by atoms with Crippen molar-refractivity contribution in [1.29, 1.82) is 0 Å². The van der Waals surface area contributed by atoms with E-state index in [0.29, 0.717) is 17.5 Å². The predicted octanol–water partition coefficient (Wildman–Crippen LogP) is 2.82. The molecule has 0 saturated heterocycles. The van der Waals surface area contributed by atoms with Crippen molar-refractivity contribution in [3.05, 3.63) is 62.8 Å². The summed E-state index contributed by atoms with van der Waals surface area (Å²) in [5, 5.41) is 0. The summed E-state index contributed by atoms with van der Waals surface area (Å²) in [6.07, 6.45) is 2.21. The molecule has 4 heteroatoms. The number of aromatic nitrogens is 2. The first-order chi connectivity index (χ1) is 10.0. The summed E-state index contributed by atoms with van der Waals surface area (Å²) in [6, 6.07) is 7.38. The summed E-state index contributed by atoms with van der Waals surface area (Å²) in [6.45, 7) is 5.45. The molecule has 2 rings (SSSR count). The zero-order valence-electron chi connectivity index (χ0n) is 12.7. The second-order valence-electron chi connectivity index (χ2n) is 5.26. The Bertz CT molecular complexity index is 717. The van der Waals surface area contributed by atoms with E-state index in [1.807, 2.05) is 25.1 Å². The van der Waals surface area contributed by atoms with Gasteiger partial charge in [-0.1, -0.05) is 25.1 Å². The Hall–Kier alpha value is -2.23. The Kier molecular flexibility index (Phi) is 4.68. The van der Waals surface area contributed by atoms with E-state index in [0.717, 1.165) is 29.9 Å². The van der Waals surface area contributed by atoms with Gasteiger partial charge in [-0.25, -0.2) is 4.98 Å². The Morgan fingerprint density at radius 3 is 2.71 bits per heavy atom. The van der Waals surface area contributed by atoms with Crippen LogP contribution in [0.15, 0.2) is 29.1 Å². The van der Waals surface area contributed by atoms with Crippen molar-refractivity contribution in [2.75, 3.05) is 0 Å². The zero-order chi connectivity index (χ0) is 15.4.